The van der Waals surface area contributed by atoms with Crippen LogP contribution in [0.3, 0.4) is 0 Å². The van der Waals surface area contributed by atoms with Crippen LogP contribution in [-0.4, -0.2) is 45.5 Å². The summed E-state index contributed by atoms with van der Waals surface area (Å²) in [6.45, 7) is 3.22. The number of aromatic nitrogens is 4. The van der Waals surface area contributed by atoms with Crippen molar-refractivity contribution in [3.05, 3.63) is 41.5 Å². The zero-order chi connectivity index (χ0) is 21.9. The molecule has 0 amide bonds. The van der Waals surface area contributed by atoms with Gasteiger partial charge in [-0.15, -0.1) is 5.10 Å². The topological polar surface area (TPSA) is 128 Å². The SMILES string of the molecule is Cc1nnc(N[C@H](N)c2cc(N)cc(C(F)(F)F)n2)c2cc(N3C[C@@H]4OCC43)ncc12. The average molecular weight is 432 g/mol. The lowest BCUT2D eigenvalue weighted by atomic mass is 9.94. The number of alkyl halides is 3. The van der Waals surface area contributed by atoms with Crippen molar-refractivity contribution in [2.24, 2.45) is 5.73 Å². The second-order valence-corrected chi connectivity index (χ2v) is 7.64. The summed E-state index contributed by atoms with van der Waals surface area (Å²) in [5.41, 5.74) is 11.2. The van der Waals surface area contributed by atoms with Gasteiger partial charge in [-0.05, 0) is 25.1 Å². The maximum absolute atomic E-state index is 13.1. The highest BCUT2D eigenvalue weighted by molar-refractivity contribution is 5.94. The number of nitrogen functional groups attached to an aromatic ring is 1. The number of halogens is 3. The van der Waals surface area contributed by atoms with E-state index < -0.39 is 18.0 Å². The van der Waals surface area contributed by atoms with E-state index in [9.17, 15) is 13.2 Å². The molecule has 3 aromatic rings. The zero-order valence-electron chi connectivity index (χ0n) is 16.4. The van der Waals surface area contributed by atoms with Gasteiger partial charge in [0.05, 0.1) is 30.1 Å². The van der Waals surface area contributed by atoms with Gasteiger partial charge in [0, 0.05) is 29.2 Å². The molecule has 0 spiro atoms. The number of hydrogen-bond acceptors (Lipinski definition) is 9. The first kappa shape index (κ1) is 19.7. The van der Waals surface area contributed by atoms with Gasteiger partial charge >= 0.3 is 6.18 Å². The Bertz CT molecular complexity index is 1170. The van der Waals surface area contributed by atoms with Gasteiger partial charge in [-0.3, -0.25) is 0 Å². The molecule has 5 N–H and O–H groups in total. The molecule has 1 unspecified atom stereocenters. The molecule has 162 valence electrons. The van der Waals surface area contributed by atoms with Gasteiger partial charge in [0.2, 0.25) is 0 Å². The van der Waals surface area contributed by atoms with Gasteiger partial charge in [-0.1, -0.05) is 0 Å². The molecule has 0 aromatic carbocycles. The van der Waals surface area contributed by atoms with Crippen LogP contribution in [0, 0.1) is 6.92 Å². The third-order valence-corrected chi connectivity index (χ3v) is 5.58. The smallest absolute Gasteiger partial charge is 0.399 e. The van der Waals surface area contributed by atoms with E-state index in [0.29, 0.717) is 29.5 Å². The van der Waals surface area contributed by atoms with Gasteiger partial charge < -0.3 is 26.4 Å². The fourth-order valence-corrected chi connectivity index (χ4v) is 3.76. The Labute approximate surface area is 174 Å². The van der Waals surface area contributed by atoms with E-state index in [-0.39, 0.29) is 17.5 Å². The van der Waals surface area contributed by atoms with Gasteiger partial charge in [0.15, 0.2) is 5.82 Å². The van der Waals surface area contributed by atoms with Crippen LogP contribution in [0.4, 0.5) is 30.5 Å². The molecular formula is C19H19F3N8O. The molecule has 0 saturated carbocycles. The summed E-state index contributed by atoms with van der Waals surface area (Å²) in [6, 6.07) is 4.24. The summed E-state index contributed by atoms with van der Waals surface area (Å²) < 4.78 is 44.7. The molecule has 2 fully saturated rings. The van der Waals surface area contributed by atoms with Crippen LogP contribution in [0.1, 0.15) is 23.2 Å². The number of hydrogen-bond donors (Lipinski definition) is 3. The van der Waals surface area contributed by atoms with Crippen molar-refractivity contribution >= 4 is 28.1 Å². The molecule has 5 rings (SSSR count). The lowest BCUT2D eigenvalue weighted by Gasteiger charge is -2.55. The molecular weight excluding hydrogens is 413 g/mol. The molecule has 5 heterocycles. The average Bonchev–Trinajstić information content (AvgIpc) is 2.70. The summed E-state index contributed by atoms with van der Waals surface area (Å²) in [5, 5.41) is 12.7. The normalized spacial score (nSPS) is 21.3. The number of anilines is 3. The number of pyridine rings is 2. The Kier molecular flexibility index (Phi) is 4.38. The first-order valence-electron chi connectivity index (χ1n) is 9.59. The van der Waals surface area contributed by atoms with Crippen molar-refractivity contribution in [1.29, 1.82) is 0 Å². The number of ether oxygens (including phenoxy) is 1. The molecule has 3 aromatic heterocycles. The van der Waals surface area contributed by atoms with E-state index in [1.807, 2.05) is 6.07 Å². The van der Waals surface area contributed by atoms with Crippen molar-refractivity contribution in [3.63, 3.8) is 0 Å². The Morgan fingerprint density at radius 1 is 1.23 bits per heavy atom. The summed E-state index contributed by atoms with van der Waals surface area (Å²) >= 11 is 0. The lowest BCUT2D eigenvalue weighted by molar-refractivity contribution is -0.141. The number of aryl methyl sites for hydroxylation is 1. The van der Waals surface area contributed by atoms with E-state index in [1.165, 1.54) is 6.07 Å². The molecule has 9 nitrogen and oxygen atoms in total. The second kappa shape index (κ2) is 6.89. The number of rotatable bonds is 4. The number of nitrogens with one attached hydrogen (secondary N) is 1. The Hall–Kier alpha value is -3.25. The molecule has 2 aliphatic rings. The highest BCUT2D eigenvalue weighted by Crippen LogP contribution is 2.36. The summed E-state index contributed by atoms with van der Waals surface area (Å²) in [6.07, 6.45) is -3.77. The lowest BCUT2D eigenvalue weighted by Crippen LogP contribution is -2.71. The third-order valence-electron chi connectivity index (χ3n) is 5.58. The fraction of sp³-hybridized carbons (Fsp3) is 0.368. The van der Waals surface area contributed by atoms with E-state index in [4.69, 9.17) is 16.2 Å². The summed E-state index contributed by atoms with van der Waals surface area (Å²) in [7, 11) is 0. The van der Waals surface area contributed by atoms with Gasteiger partial charge in [0.1, 0.15) is 17.7 Å². The van der Waals surface area contributed by atoms with E-state index in [2.05, 4.69) is 30.4 Å². The largest absolute Gasteiger partial charge is 0.433 e. The Morgan fingerprint density at radius 2 is 2.03 bits per heavy atom. The molecule has 0 bridgehead atoms. The van der Waals surface area contributed by atoms with Crippen LogP contribution in [0.2, 0.25) is 0 Å². The summed E-state index contributed by atoms with van der Waals surface area (Å²) in [5.74, 6) is 1.08. The van der Waals surface area contributed by atoms with Crippen molar-refractivity contribution in [1.82, 2.24) is 20.2 Å². The highest BCUT2D eigenvalue weighted by atomic mass is 19.4. The van der Waals surface area contributed by atoms with Gasteiger partial charge in [-0.2, -0.15) is 18.3 Å². The van der Waals surface area contributed by atoms with Crippen LogP contribution in [0.15, 0.2) is 24.4 Å². The Balaban J connectivity index is 1.48. The molecule has 12 heteroatoms. The minimum absolute atomic E-state index is 0.0608. The third kappa shape index (κ3) is 3.37. The molecule has 0 aliphatic carbocycles. The first-order valence-corrected chi connectivity index (χ1v) is 9.59. The maximum atomic E-state index is 13.1. The van der Waals surface area contributed by atoms with Crippen molar-refractivity contribution in [2.75, 3.05) is 29.1 Å². The first-order chi connectivity index (χ1) is 14.7. The fourth-order valence-electron chi connectivity index (χ4n) is 3.76. The molecule has 3 atom stereocenters. The summed E-state index contributed by atoms with van der Waals surface area (Å²) in [4.78, 5) is 10.3. The van der Waals surface area contributed by atoms with Crippen molar-refractivity contribution in [3.8, 4) is 0 Å². The monoisotopic (exact) mass is 432 g/mol. The van der Waals surface area contributed by atoms with Crippen LogP contribution in [0.5, 0.6) is 0 Å². The van der Waals surface area contributed by atoms with E-state index in [0.717, 1.165) is 23.8 Å². The maximum Gasteiger partial charge on any atom is 0.433 e. The molecule has 31 heavy (non-hydrogen) atoms. The number of nitrogens with zero attached hydrogens (tertiary/aromatic N) is 5. The van der Waals surface area contributed by atoms with E-state index in [1.54, 1.807) is 13.1 Å². The second-order valence-electron chi connectivity index (χ2n) is 7.64. The Morgan fingerprint density at radius 3 is 2.68 bits per heavy atom. The van der Waals surface area contributed by atoms with Gasteiger partial charge in [0.25, 0.3) is 0 Å². The highest BCUT2D eigenvalue weighted by Gasteiger charge is 2.47. The number of fused-ring (bicyclic) bond motifs is 2. The van der Waals surface area contributed by atoms with E-state index >= 15 is 0 Å². The predicted molar refractivity (Wildman–Crippen MR) is 107 cm³/mol. The minimum Gasteiger partial charge on any atom is -0.399 e. The van der Waals surface area contributed by atoms with Crippen LogP contribution in [-0.2, 0) is 10.9 Å². The molecule has 0 radical (unpaired) electrons. The standard InChI is InChI=1S/C19H19F3N8O/c1-8-11-5-25-16(30-6-14-13(30)7-31-14)4-10(11)18(29-28-8)27-17(24)12-2-9(23)3-15(26-12)19(20,21)22/h2-5,13-14,17H,6-7,24H2,1H3,(H2,23,26)(H,27,29)/t13?,14-,17-/m0/s1. The van der Waals surface area contributed by atoms with Gasteiger partial charge in [-0.25, -0.2) is 9.97 Å². The quantitative estimate of drug-likeness (QED) is 0.530. The zero-order valence-corrected chi connectivity index (χ0v) is 16.4. The van der Waals surface area contributed by atoms with Crippen molar-refractivity contribution in [2.45, 2.75) is 31.4 Å². The molecule has 2 aliphatic heterocycles. The number of nitrogens with two attached hydrogens (primary N) is 2. The van der Waals surface area contributed by atoms with Crippen LogP contribution in [0.25, 0.3) is 10.8 Å². The van der Waals surface area contributed by atoms with Crippen molar-refractivity contribution < 1.29 is 17.9 Å². The minimum atomic E-state index is -4.64. The van der Waals surface area contributed by atoms with Crippen LogP contribution < -0.4 is 21.7 Å². The number of morpholine rings is 1. The molecule has 2 saturated heterocycles. The predicted octanol–water partition coefficient (Wildman–Crippen LogP) is 1.99. The van der Waals surface area contributed by atoms with Crippen LogP contribution >= 0.6 is 0 Å².